The van der Waals surface area contributed by atoms with E-state index >= 15 is 0 Å². The molecule has 0 aliphatic heterocycles. The van der Waals surface area contributed by atoms with Gasteiger partial charge >= 0.3 is 23.1 Å². The van der Waals surface area contributed by atoms with Gasteiger partial charge in [-0.3, -0.25) is 0 Å². The summed E-state index contributed by atoms with van der Waals surface area (Å²) in [6, 6.07) is 0. The second-order valence-corrected chi connectivity index (χ2v) is 3.05. The molecular weight excluding hydrogens is 148 g/mol. The Morgan fingerprint density at radius 3 is 1.88 bits per heavy atom. The second kappa shape index (κ2) is 10.9. The van der Waals surface area contributed by atoms with Crippen molar-refractivity contribution in [3.05, 3.63) is 17.8 Å². The molecular formula is C5H9ClMgSi. The van der Waals surface area contributed by atoms with Crippen LogP contribution in [0.1, 0.15) is 13.8 Å². The van der Waals surface area contributed by atoms with Gasteiger partial charge in [0.1, 0.15) is 0 Å². The molecule has 42 valence electrons. The van der Waals surface area contributed by atoms with Crippen LogP contribution in [0.25, 0.3) is 0 Å². The Kier molecular flexibility index (Phi) is 21.8. The zero-order chi connectivity index (χ0) is 4.99. The number of hydrogen-bond acceptors (Lipinski definition) is 0. The third-order valence-corrected chi connectivity index (χ3v) is 1.17. The van der Waals surface area contributed by atoms with Crippen LogP contribution < -0.4 is 12.4 Å². The van der Waals surface area contributed by atoms with E-state index in [1.807, 2.05) is 5.70 Å². The largest absolute Gasteiger partial charge is 2.00 e. The normalized spacial score (nSPS) is 6.88. The molecule has 0 aliphatic rings. The Morgan fingerprint density at radius 2 is 1.88 bits per heavy atom. The quantitative estimate of drug-likeness (QED) is 0.322. The van der Waals surface area contributed by atoms with Crippen LogP contribution in [-0.4, -0.2) is 32.6 Å². The van der Waals surface area contributed by atoms with Gasteiger partial charge in [-0.2, -0.15) is 13.8 Å². The average Bonchev–Trinajstić information content (AvgIpc) is 1.35. The Hall–Kier alpha value is 1.01. The van der Waals surface area contributed by atoms with Crippen LogP contribution in [0.2, 0.25) is 0 Å². The van der Waals surface area contributed by atoms with E-state index in [0.717, 1.165) is 9.52 Å². The number of halogens is 1. The minimum Gasteiger partial charge on any atom is -1.00 e. The van der Waals surface area contributed by atoms with Gasteiger partial charge in [0, 0.05) is 0 Å². The van der Waals surface area contributed by atoms with Gasteiger partial charge < -0.3 is 17.9 Å². The molecule has 3 heteroatoms. The van der Waals surface area contributed by atoms with E-state index < -0.39 is 0 Å². The summed E-state index contributed by atoms with van der Waals surface area (Å²) in [5, 5.41) is 0. The molecule has 2 radical (unpaired) electrons. The molecule has 0 amide bonds. The summed E-state index contributed by atoms with van der Waals surface area (Å²) in [5.74, 6) is 0. The maximum atomic E-state index is 3.59. The molecule has 0 spiro atoms. The van der Waals surface area contributed by atoms with Gasteiger partial charge in [0.2, 0.25) is 0 Å². The first-order valence-corrected chi connectivity index (χ1v) is 3.02. The van der Waals surface area contributed by atoms with Crippen molar-refractivity contribution in [2.75, 3.05) is 0 Å². The Morgan fingerprint density at radius 1 is 1.50 bits per heavy atom. The summed E-state index contributed by atoms with van der Waals surface area (Å²) >= 11 is 0. The van der Waals surface area contributed by atoms with Crippen molar-refractivity contribution in [2.24, 2.45) is 0 Å². The first-order valence-electron chi connectivity index (χ1n) is 1.95. The fourth-order valence-electron chi connectivity index (χ4n) is 0.204. The van der Waals surface area contributed by atoms with E-state index in [0.29, 0.717) is 0 Å². The van der Waals surface area contributed by atoms with Crippen LogP contribution >= 0.6 is 0 Å². The second-order valence-electron chi connectivity index (χ2n) is 1.35. The molecule has 0 N–H and O–H groups in total. The molecule has 0 fully saturated rings. The van der Waals surface area contributed by atoms with E-state index in [2.05, 4.69) is 20.4 Å². The molecule has 0 aromatic rings. The van der Waals surface area contributed by atoms with E-state index in [9.17, 15) is 0 Å². The van der Waals surface area contributed by atoms with E-state index in [4.69, 9.17) is 0 Å². The summed E-state index contributed by atoms with van der Waals surface area (Å²) < 4.78 is 0. The summed E-state index contributed by atoms with van der Waals surface area (Å²) in [4.78, 5) is 0. The van der Waals surface area contributed by atoms with Gasteiger partial charge in [-0.25, -0.2) is 0 Å². The summed E-state index contributed by atoms with van der Waals surface area (Å²) in [5.41, 5.74) is 3.39. The maximum absolute atomic E-state index is 3.59. The molecule has 0 saturated heterocycles. The van der Waals surface area contributed by atoms with Gasteiger partial charge in [-0.1, -0.05) is 0 Å². The van der Waals surface area contributed by atoms with Crippen molar-refractivity contribution in [2.45, 2.75) is 13.8 Å². The van der Waals surface area contributed by atoms with Crippen LogP contribution in [-0.2, 0) is 0 Å². The Balaban J connectivity index is -0.000000125. The molecule has 0 aromatic heterocycles. The fourth-order valence-corrected chi connectivity index (χ4v) is 0.612. The van der Waals surface area contributed by atoms with E-state index in [1.54, 1.807) is 0 Å². The van der Waals surface area contributed by atoms with E-state index in [1.165, 1.54) is 5.54 Å². The third kappa shape index (κ3) is 15.7. The molecule has 0 saturated carbocycles. The van der Waals surface area contributed by atoms with Crippen molar-refractivity contribution >= 4 is 32.6 Å². The molecule has 0 aliphatic carbocycles. The smallest absolute Gasteiger partial charge is 1.00 e. The van der Waals surface area contributed by atoms with Crippen molar-refractivity contribution in [1.29, 1.82) is 0 Å². The maximum Gasteiger partial charge on any atom is 2.00 e. The zero-order valence-electron chi connectivity index (χ0n) is 5.37. The van der Waals surface area contributed by atoms with Crippen molar-refractivity contribution in [1.82, 2.24) is 0 Å². The van der Waals surface area contributed by atoms with Gasteiger partial charge in [0.15, 0.2) is 0 Å². The Labute approximate surface area is 76.5 Å². The Bertz CT molecular complexity index is 47.7. The molecule has 0 bridgehead atoms. The number of hydrogen-bond donors (Lipinski definition) is 0. The van der Waals surface area contributed by atoms with Crippen molar-refractivity contribution in [3.8, 4) is 0 Å². The monoisotopic (exact) mass is 156 g/mol. The van der Waals surface area contributed by atoms with Gasteiger partial charge in [0.25, 0.3) is 0 Å². The topological polar surface area (TPSA) is 0 Å². The summed E-state index contributed by atoms with van der Waals surface area (Å²) in [6.45, 7) is 7.81. The van der Waals surface area contributed by atoms with Gasteiger partial charge in [-0.15, -0.1) is 21.8 Å². The molecule has 0 nitrogen and oxygen atoms in total. The summed E-state index contributed by atoms with van der Waals surface area (Å²) in [6.07, 6.45) is 0. The molecule has 8 heavy (non-hydrogen) atoms. The number of rotatable bonds is 2. The van der Waals surface area contributed by atoms with Gasteiger partial charge in [-0.05, 0) is 0 Å². The van der Waals surface area contributed by atoms with Crippen LogP contribution in [0.3, 0.4) is 0 Å². The van der Waals surface area contributed by atoms with Crippen LogP contribution in [0.5, 0.6) is 0 Å². The van der Waals surface area contributed by atoms with E-state index in [-0.39, 0.29) is 35.5 Å². The SMILES string of the molecule is C=C[Si][C-](C)C.[Cl-].[Mg+2]. The van der Waals surface area contributed by atoms with Crippen molar-refractivity contribution < 1.29 is 12.4 Å². The molecule has 0 unspecified atom stereocenters. The molecule has 0 aromatic carbocycles. The molecule has 0 atom stereocenters. The summed E-state index contributed by atoms with van der Waals surface area (Å²) in [7, 11) is 0.852. The minimum absolute atomic E-state index is 0. The molecule has 0 heterocycles. The first-order chi connectivity index (χ1) is 2.77. The van der Waals surface area contributed by atoms with Gasteiger partial charge in [0.05, 0.1) is 0 Å². The van der Waals surface area contributed by atoms with Crippen LogP contribution in [0.4, 0.5) is 0 Å². The van der Waals surface area contributed by atoms with Crippen LogP contribution in [0, 0.1) is 5.54 Å². The fraction of sp³-hybridized carbons (Fsp3) is 0.400. The molecule has 0 rings (SSSR count). The predicted molar refractivity (Wildman–Crippen MR) is 36.3 cm³/mol. The first kappa shape index (κ1) is 16.0. The van der Waals surface area contributed by atoms with Crippen molar-refractivity contribution in [3.63, 3.8) is 0 Å². The minimum atomic E-state index is 0. The van der Waals surface area contributed by atoms with Crippen LogP contribution in [0.15, 0.2) is 12.3 Å². The predicted octanol–water partition coefficient (Wildman–Crippen LogP) is -1.97. The standard InChI is InChI=1S/C5H9Si.ClH.Mg/c1-4-6-5(2)3;;/h4H,1H2,2-3H3;1H;/q-1;;+2/p-1. The zero-order valence-corrected chi connectivity index (χ0v) is 8.54. The average molecular weight is 157 g/mol. The third-order valence-electron chi connectivity index (χ3n) is 0.391.